The molecule has 0 amide bonds. The highest BCUT2D eigenvalue weighted by molar-refractivity contribution is 5.79. The van der Waals surface area contributed by atoms with Crippen LogP contribution in [0.2, 0.25) is 0 Å². The first kappa shape index (κ1) is 13.1. The Labute approximate surface area is 109 Å². The van der Waals surface area contributed by atoms with Crippen molar-refractivity contribution in [2.24, 2.45) is 0 Å². The number of aliphatic hydroxyl groups is 1. The quantitative estimate of drug-likeness (QED) is 0.847. The predicted octanol–water partition coefficient (Wildman–Crippen LogP) is 2.34. The molecule has 0 radical (unpaired) electrons. The highest BCUT2D eigenvalue weighted by Gasteiger charge is 2.10. The van der Waals surface area contributed by atoms with Crippen molar-refractivity contribution >= 4 is 10.9 Å². The van der Waals surface area contributed by atoms with Gasteiger partial charge in [-0.1, -0.05) is 32.0 Å². The molecule has 1 aromatic heterocycles. The topological polar surface area (TPSA) is 28.4 Å². The van der Waals surface area contributed by atoms with Crippen LogP contribution in [0, 0.1) is 0 Å². The van der Waals surface area contributed by atoms with Crippen LogP contribution in [0.5, 0.6) is 0 Å². The molecule has 0 bridgehead atoms. The maximum atomic E-state index is 10.2. The fourth-order valence-electron chi connectivity index (χ4n) is 2.36. The highest BCUT2D eigenvalue weighted by atomic mass is 16.3. The number of fused-ring (bicyclic) bond motifs is 1. The number of aromatic nitrogens is 1. The number of rotatable bonds is 6. The average Bonchev–Trinajstić information content (AvgIpc) is 2.79. The van der Waals surface area contributed by atoms with Gasteiger partial charge in [0.25, 0.3) is 0 Å². The van der Waals surface area contributed by atoms with Gasteiger partial charge in [-0.25, -0.2) is 0 Å². The van der Waals surface area contributed by atoms with Crippen molar-refractivity contribution < 1.29 is 5.11 Å². The summed E-state index contributed by atoms with van der Waals surface area (Å²) in [6, 6.07) is 10.4. The van der Waals surface area contributed by atoms with E-state index in [9.17, 15) is 5.11 Å². The molecule has 3 heteroatoms. The van der Waals surface area contributed by atoms with Gasteiger partial charge in [-0.15, -0.1) is 0 Å². The lowest BCUT2D eigenvalue weighted by Gasteiger charge is -2.22. The summed E-state index contributed by atoms with van der Waals surface area (Å²) in [6.45, 7) is 7.62. The summed E-state index contributed by atoms with van der Waals surface area (Å²) < 4.78 is 2.13. The Morgan fingerprint density at radius 3 is 2.61 bits per heavy atom. The van der Waals surface area contributed by atoms with Crippen LogP contribution in [-0.2, 0) is 6.54 Å². The average molecular weight is 246 g/mol. The Bertz CT molecular complexity index is 488. The van der Waals surface area contributed by atoms with Gasteiger partial charge in [0.15, 0.2) is 0 Å². The molecule has 1 heterocycles. The SMILES string of the molecule is CCN(CC)CC(O)Cn1ccc2ccccc21. The first-order chi connectivity index (χ1) is 8.74. The molecule has 1 unspecified atom stereocenters. The minimum atomic E-state index is -0.319. The van der Waals surface area contributed by atoms with Gasteiger partial charge >= 0.3 is 0 Å². The minimum absolute atomic E-state index is 0.319. The molecule has 0 spiro atoms. The van der Waals surface area contributed by atoms with Gasteiger partial charge in [-0.3, -0.25) is 0 Å². The molecule has 0 saturated carbocycles. The molecule has 0 aliphatic rings. The standard InChI is InChI=1S/C15H22N2O/c1-3-16(4-2)11-14(18)12-17-10-9-13-7-5-6-8-15(13)17/h5-10,14,18H,3-4,11-12H2,1-2H3. The molecule has 2 aromatic rings. The van der Waals surface area contributed by atoms with Crippen molar-refractivity contribution in [3.63, 3.8) is 0 Å². The van der Waals surface area contributed by atoms with E-state index in [2.05, 4.69) is 47.7 Å². The van der Waals surface area contributed by atoms with Crippen molar-refractivity contribution in [3.05, 3.63) is 36.5 Å². The molecule has 1 N–H and O–H groups in total. The Balaban J connectivity index is 2.04. The van der Waals surface area contributed by atoms with Crippen LogP contribution < -0.4 is 0 Å². The number of hydrogen-bond donors (Lipinski definition) is 1. The summed E-state index contributed by atoms with van der Waals surface area (Å²) in [4.78, 5) is 2.25. The van der Waals surface area contributed by atoms with Gasteiger partial charge in [0.1, 0.15) is 0 Å². The van der Waals surface area contributed by atoms with Crippen molar-refractivity contribution in [2.45, 2.75) is 26.5 Å². The lowest BCUT2D eigenvalue weighted by molar-refractivity contribution is 0.104. The summed E-state index contributed by atoms with van der Waals surface area (Å²) in [5.41, 5.74) is 1.19. The first-order valence-corrected chi connectivity index (χ1v) is 6.68. The summed E-state index contributed by atoms with van der Waals surface area (Å²) in [5, 5.41) is 11.4. The summed E-state index contributed by atoms with van der Waals surface area (Å²) in [5.74, 6) is 0. The number of hydrogen-bond acceptors (Lipinski definition) is 2. The number of para-hydroxylation sites is 1. The second kappa shape index (κ2) is 6.03. The first-order valence-electron chi connectivity index (χ1n) is 6.68. The third kappa shape index (κ3) is 2.92. The van der Waals surface area contributed by atoms with Crippen LogP contribution in [0.4, 0.5) is 0 Å². The van der Waals surface area contributed by atoms with Gasteiger partial charge in [0.05, 0.1) is 6.10 Å². The normalized spacial score (nSPS) is 13.3. The maximum Gasteiger partial charge on any atom is 0.0845 e. The van der Waals surface area contributed by atoms with E-state index in [0.29, 0.717) is 6.54 Å². The van der Waals surface area contributed by atoms with Crippen LogP contribution in [0.25, 0.3) is 10.9 Å². The summed E-state index contributed by atoms with van der Waals surface area (Å²) in [6.07, 6.45) is 1.73. The van der Waals surface area contributed by atoms with E-state index in [4.69, 9.17) is 0 Å². The van der Waals surface area contributed by atoms with Crippen molar-refractivity contribution in [2.75, 3.05) is 19.6 Å². The van der Waals surface area contributed by atoms with E-state index >= 15 is 0 Å². The third-order valence-corrected chi connectivity index (χ3v) is 3.45. The molecule has 2 rings (SSSR count). The number of aliphatic hydroxyl groups excluding tert-OH is 1. The molecule has 0 aliphatic carbocycles. The second-order valence-corrected chi connectivity index (χ2v) is 4.67. The monoisotopic (exact) mass is 246 g/mol. The van der Waals surface area contributed by atoms with Gasteiger partial charge < -0.3 is 14.6 Å². The summed E-state index contributed by atoms with van der Waals surface area (Å²) in [7, 11) is 0. The largest absolute Gasteiger partial charge is 0.390 e. The Morgan fingerprint density at radius 2 is 1.89 bits per heavy atom. The molecule has 0 saturated heterocycles. The van der Waals surface area contributed by atoms with Gasteiger partial charge in [0, 0.05) is 24.8 Å². The maximum absolute atomic E-state index is 10.2. The van der Waals surface area contributed by atoms with E-state index < -0.39 is 0 Å². The highest BCUT2D eigenvalue weighted by Crippen LogP contribution is 2.15. The molecule has 3 nitrogen and oxygen atoms in total. The van der Waals surface area contributed by atoms with Crippen molar-refractivity contribution in [1.82, 2.24) is 9.47 Å². The van der Waals surface area contributed by atoms with Crippen LogP contribution in [-0.4, -0.2) is 40.3 Å². The van der Waals surface area contributed by atoms with Crippen LogP contribution >= 0.6 is 0 Å². The lowest BCUT2D eigenvalue weighted by atomic mass is 10.2. The third-order valence-electron chi connectivity index (χ3n) is 3.45. The molecule has 1 aromatic carbocycles. The van der Waals surface area contributed by atoms with E-state index in [-0.39, 0.29) is 6.10 Å². The van der Waals surface area contributed by atoms with Crippen molar-refractivity contribution in [3.8, 4) is 0 Å². The summed E-state index contributed by atoms with van der Waals surface area (Å²) >= 11 is 0. The molecule has 98 valence electrons. The van der Waals surface area contributed by atoms with Crippen LogP contribution in [0.1, 0.15) is 13.8 Å². The Kier molecular flexibility index (Phi) is 4.39. The second-order valence-electron chi connectivity index (χ2n) is 4.67. The van der Waals surface area contributed by atoms with Crippen LogP contribution in [0.3, 0.4) is 0 Å². The zero-order valence-electron chi connectivity index (χ0n) is 11.2. The molecule has 1 atom stereocenters. The lowest BCUT2D eigenvalue weighted by Crippen LogP contribution is -2.34. The molecule has 0 aliphatic heterocycles. The van der Waals surface area contributed by atoms with Crippen molar-refractivity contribution in [1.29, 1.82) is 0 Å². The Morgan fingerprint density at radius 1 is 1.17 bits per heavy atom. The van der Waals surface area contributed by atoms with Gasteiger partial charge in [-0.2, -0.15) is 0 Å². The zero-order chi connectivity index (χ0) is 13.0. The fourth-order valence-corrected chi connectivity index (χ4v) is 2.36. The number of nitrogens with zero attached hydrogens (tertiary/aromatic N) is 2. The van der Waals surface area contributed by atoms with E-state index in [1.165, 1.54) is 10.9 Å². The molecular weight excluding hydrogens is 224 g/mol. The van der Waals surface area contributed by atoms with E-state index in [0.717, 1.165) is 19.6 Å². The van der Waals surface area contributed by atoms with Gasteiger partial charge in [0.2, 0.25) is 0 Å². The van der Waals surface area contributed by atoms with Gasteiger partial charge in [-0.05, 0) is 30.6 Å². The van der Waals surface area contributed by atoms with Crippen LogP contribution in [0.15, 0.2) is 36.5 Å². The number of likely N-dealkylation sites (N-methyl/N-ethyl adjacent to an activating group) is 1. The fraction of sp³-hybridized carbons (Fsp3) is 0.467. The van der Waals surface area contributed by atoms with E-state index in [1.54, 1.807) is 0 Å². The number of benzene rings is 1. The predicted molar refractivity (Wildman–Crippen MR) is 75.7 cm³/mol. The van der Waals surface area contributed by atoms with E-state index in [1.807, 2.05) is 12.1 Å². The zero-order valence-corrected chi connectivity index (χ0v) is 11.2. The smallest absolute Gasteiger partial charge is 0.0845 e. The molecular formula is C15H22N2O. The minimum Gasteiger partial charge on any atom is -0.390 e. The molecule has 18 heavy (non-hydrogen) atoms. The Hall–Kier alpha value is -1.32. The molecule has 0 fully saturated rings.